The molecule has 0 aromatic heterocycles. The highest BCUT2D eigenvalue weighted by atomic mass is 16.3. The van der Waals surface area contributed by atoms with Gasteiger partial charge in [-0.2, -0.15) is 0 Å². The molecule has 3 unspecified atom stereocenters. The van der Waals surface area contributed by atoms with E-state index in [-0.39, 0.29) is 17.9 Å². The van der Waals surface area contributed by atoms with Crippen LogP contribution in [-0.4, -0.2) is 17.1 Å². The molecule has 0 bridgehead atoms. The summed E-state index contributed by atoms with van der Waals surface area (Å²) in [4.78, 5) is 11.1. The van der Waals surface area contributed by atoms with E-state index in [2.05, 4.69) is 5.32 Å². The van der Waals surface area contributed by atoms with Crippen LogP contribution in [0.1, 0.15) is 31.4 Å². The first kappa shape index (κ1) is 12.1. The SMILES string of the molecule is CC(=O)NC1CC(C)C1(O)c1ccc(C)cc1. The minimum Gasteiger partial charge on any atom is -0.383 e. The number of benzene rings is 1. The Morgan fingerprint density at radius 3 is 2.47 bits per heavy atom. The highest BCUT2D eigenvalue weighted by Crippen LogP contribution is 2.46. The molecule has 2 rings (SSSR count). The Morgan fingerprint density at radius 1 is 1.41 bits per heavy atom. The van der Waals surface area contributed by atoms with Crippen LogP contribution in [0.5, 0.6) is 0 Å². The van der Waals surface area contributed by atoms with Gasteiger partial charge in [0.05, 0.1) is 6.04 Å². The molecule has 3 heteroatoms. The van der Waals surface area contributed by atoms with Crippen molar-refractivity contribution in [3.8, 4) is 0 Å². The largest absolute Gasteiger partial charge is 0.383 e. The number of hydrogen-bond donors (Lipinski definition) is 2. The summed E-state index contributed by atoms with van der Waals surface area (Å²) >= 11 is 0. The molecule has 3 atom stereocenters. The smallest absolute Gasteiger partial charge is 0.217 e. The summed E-state index contributed by atoms with van der Waals surface area (Å²) < 4.78 is 0. The molecule has 17 heavy (non-hydrogen) atoms. The lowest BCUT2D eigenvalue weighted by Crippen LogP contribution is -2.62. The van der Waals surface area contributed by atoms with Gasteiger partial charge in [0, 0.05) is 6.92 Å². The van der Waals surface area contributed by atoms with Crippen LogP contribution in [-0.2, 0) is 10.4 Å². The van der Waals surface area contributed by atoms with Crippen LogP contribution in [0, 0.1) is 12.8 Å². The van der Waals surface area contributed by atoms with Crippen molar-refractivity contribution in [3.05, 3.63) is 35.4 Å². The summed E-state index contributed by atoms with van der Waals surface area (Å²) in [6.45, 7) is 5.51. The minimum atomic E-state index is -0.917. The lowest BCUT2D eigenvalue weighted by atomic mass is 9.62. The zero-order valence-electron chi connectivity index (χ0n) is 10.5. The standard InChI is InChI=1S/C14H19NO2/c1-9-4-6-12(7-5-9)14(17)10(2)8-13(14)15-11(3)16/h4-7,10,13,17H,8H2,1-3H3,(H,15,16). The van der Waals surface area contributed by atoms with Crippen molar-refractivity contribution in [2.75, 3.05) is 0 Å². The maximum absolute atomic E-state index is 11.1. The average Bonchev–Trinajstić information content (AvgIpc) is 2.28. The fourth-order valence-electron chi connectivity index (χ4n) is 2.62. The van der Waals surface area contributed by atoms with Gasteiger partial charge in [-0.1, -0.05) is 36.8 Å². The van der Waals surface area contributed by atoms with Crippen LogP contribution in [0.2, 0.25) is 0 Å². The van der Waals surface area contributed by atoms with Gasteiger partial charge >= 0.3 is 0 Å². The van der Waals surface area contributed by atoms with E-state index in [9.17, 15) is 9.90 Å². The fraction of sp³-hybridized carbons (Fsp3) is 0.500. The van der Waals surface area contributed by atoms with E-state index in [1.165, 1.54) is 12.5 Å². The third kappa shape index (κ3) is 1.95. The predicted molar refractivity (Wildman–Crippen MR) is 66.5 cm³/mol. The van der Waals surface area contributed by atoms with Gasteiger partial charge in [0.25, 0.3) is 0 Å². The first-order chi connectivity index (χ1) is 7.94. The van der Waals surface area contributed by atoms with Crippen molar-refractivity contribution >= 4 is 5.91 Å². The second-order valence-corrected chi connectivity index (χ2v) is 5.08. The molecule has 2 N–H and O–H groups in total. The molecule has 1 amide bonds. The van der Waals surface area contributed by atoms with Crippen LogP contribution in [0.4, 0.5) is 0 Å². The van der Waals surface area contributed by atoms with E-state index in [1.807, 2.05) is 38.1 Å². The molecule has 1 saturated carbocycles. The maximum atomic E-state index is 11.1. The molecule has 1 aliphatic rings. The van der Waals surface area contributed by atoms with E-state index in [0.29, 0.717) is 0 Å². The number of carbonyl (C=O) groups excluding carboxylic acids is 1. The summed E-state index contributed by atoms with van der Waals surface area (Å²) in [6, 6.07) is 7.70. The number of hydrogen-bond acceptors (Lipinski definition) is 2. The van der Waals surface area contributed by atoms with Gasteiger partial charge in [0.2, 0.25) is 5.91 Å². The van der Waals surface area contributed by atoms with Gasteiger partial charge in [-0.15, -0.1) is 0 Å². The van der Waals surface area contributed by atoms with Crippen molar-refractivity contribution in [2.24, 2.45) is 5.92 Å². The first-order valence-electron chi connectivity index (χ1n) is 6.01. The Labute approximate surface area is 102 Å². The Hall–Kier alpha value is -1.35. The Morgan fingerprint density at radius 2 is 2.00 bits per heavy atom. The van der Waals surface area contributed by atoms with Gasteiger partial charge in [-0.05, 0) is 24.8 Å². The molecule has 0 saturated heterocycles. The summed E-state index contributed by atoms with van der Waals surface area (Å²) in [5, 5.41) is 13.6. The van der Waals surface area contributed by atoms with Crippen molar-refractivity contribution < 1.29 is 9.90 Å². The van der Waals surface area contributed by atoms with Crippen LogP contribution < -0.4 is 5.32 Å². The Kier molecular flexibility index (Phi) is 2.96. The minimum absolute atomic E-state index is 0.0903. The summed E-state index contributed by atoms with van der Waals surface area (Å²) in [7, 11) is 0. The van der Waals surface area contributed by atoms with Crippen molar-refractivity contribution in [2.45, 2.75) is 38.8 Å². The van der Waals surface area contributed by atoms with Crippen LogP contribution in [0.3, 0.4) is 0 Å². The Bertz CT molecular complexity index is 426. The topological polar surface area (TPSA) is 49.3 Å². The molecule has 0 heterocycles. The van der Waals surface area contributed by atoms with Crippen LogP contribution in [0.25, 0.3) is 0 Å². The zero-order chi connectivity index (χ0) is 12.6. The summed E-state index contributed by atoms with van der Waals surface area (Å²) in [6.07, 6.45) is 0.823. The van der Waals surface area contributed by atoms with E-state index in [0.717, 1.165) is 12.0 Å². The molecule has 0 radical (unpaired) electrons. The number of nitrogens with one attached hydrogen (secondary N) is 1. The molecular formula is C14H19NO2. The van der Waals surface area contributed by atoms with E-state index in [1.54, 1.807) is 0 Å². The van der Waals surface area contributed by atoms with Crippen molar-refractivity contribution in [1.82, 2.24) is 5.32 Å². The number of amides is 1. The number of rotatable bonds is 2. The second-order valence-electron chi connectivity index (χ2n) is 5.08. The van der Waals surface area contributed by atoms with Gasteiger partial charge in [0.1, 0.15) is 5.60 Å². The van der Waals surface area contributed by atoms with E-state index < -0.39 is 5.60 Å². The highest BCUT2D eigenvalue weighted by molar-refractivity contribution is 5.73. The highest BCUT2D eigenvalue weighted by Gasteiger charge is 2.53. The quantitative estimate of drug-likeness (QED) is 0.817. The average molecular weight is 233 g/mol. The molecule has 1 aliphatic carbocycles. The van der Waals surface area contributed by atoms with Crippen molar-refractivity contribution in [1.29, 1.82) is 0 Å². The molecule has 0 aliphatic heterocycles. The second kappa shape index (κ2) is 4.15. The van der Waals surface area contributed by atoms with Gasteiger partial charge in [0.15, 0.2) is 0 Å². The molecule has 1 aromatic rings. The van der Waals surface area contributed by atoms with Gasteiger partial charge in [-0.3, -0.25) is 4.79 Å². The fourth-order valence-corrected chi connectivity index (χ4v) is 2.62. The van der Waals surface area contributed by atoms with Gasteiger partial charge < -0.3 is 10.4 Å². The number of aryl methyl sites for hydroxylation is 1. The molecule has 1 aromatic carbocycles. The van der Waals surface area contributed by atoms with Crippen molar-refractivity contribution in [3.63, 3.8) is 0 Å². The lowest BCUT2D eigenvalue weighted by molar-refractivity contribution is -0.142. The lowest BCUT2D eigenvalue weighted by Gasteiger charge is -2.51. The maximum Gasteiger partial charge on any atom is 0.217 e. The van der Waals surface area contributed by atoms with Crippen LogP contribution >= 0.6 is 0 Å². The number of carbonyl (C=O) groups is 1. The monoisotopic (exact) mass is 233 g/mol. The van der Waals surface area contributed by atoms with E-state index >= 15 is 0 Å². The third-order valence-electron chi connectivity index (χ3n) is 3.76. The molecule has 92 valence electrons. The Balaban J connectivity index is 2.26. The molecule has 1 fully saturated rings. The third-order valence-corrected chi connectivity index (χ3v) is 3.76. The first-order valence-corrected chi connectivity index (χ1v) is 6.01. The summed E-state index contributed by atoms with van der Waals surface area (Å²) in [5.41, 5.74) is 1.14. The molecule has 0 spiro atoms. The zero-order valence-corrected chi connectivity index (χ0v) is 10.5. The van der Waals surface area contributed by atoms with Gasteiger partial charge in [-0.25, -0.2) is 0 Å². The van der Waals surface area contributed by atoms with E-state index in [4.69, 9.17) is 0 Å². The normalized spacial score (nSPS) is 31.8. The molecule has 3 nitrogen and oxygen atoms in total. The molecular weight excluding hydrogens is 214 g/mol. The summed E-state index contributed by atoms with van der Waals surface area (Å²) in [5.74, 6) is 0.0782. The van der Waals surface area contributed by atoms with Crippen LogP contribution in [0.15, 0.2) is 24.3 Å². The predicted octanol–water partition coefficient (Wildman–Crippen LogP) is 1.73. The number of aliphatic hydroxyl groups is 1.